The highest BCUT2D eigenvalue weighted by atomic mass is 19.3. The van der Waals surface area contributed by atoms with Gasteiger partial charge in [0.15, 0.2) is 22.8 Å². The average Bonchev–Trinajstić information content (AvgIpc) is 1.68. The van der Waals surface area contributed by atoms with Gasteiger partial charge in [-0.05, 0) is 246 Å². The number of H-pyrrole nitrogens is 4. The van der Waals surface area contributed by atoms with E-state index in [9.17, 15) is 36.7 Å². The third-order valence-corrected chi connectivity index (χ3v) is 26.3. The summed E-state index contributed by atoms with van der Waals surface area (Å²) in [7, 11) is 0. The van der Waals surface area contributed by atoms with Crippen molar-refractivity contribution in [1.82, 2.24) is 110 Å². The molecule has 0 spiro atoms. The number of pyridine rings is 8. The maximum Gasteiger partial charge on any atom is 0.276 e. The van der Waals surface area contributed by atoms with Crippen LogP contribution in [0.5, 0.6) is 0 Å². The van der Waals surface area contributed by atoms with Crippen molar-refractivity contribution in [2.24, 2.45) is 0 Å². The zero-order valence-corrected chi connectivity index (χ0v) is 76.5. The molecule has 16 aromatic rings. The maximum atomic E-state index is 13.6. The molecular formula is C103H104F4N28O4. The van der Waals surface area contributed by atoms with Crippen molar-refractivity contribution in [3.63, 3.8) is 0 Å². The first-order valence-electron chi connectivity index (χ1n) is 47.1. The van der Waals surface area contributed by atoms with Crippen LogP contribution in [0.3, 0.4) is 0 Å². The lowest BCUT2D eigenvalue weighted by atomic mass is 10.0. The second-order valence-electron chi connectivity index (χ2n) is 36.6. The van der Waals surface area contributed by atoms with Crippen LogP contribution in [0, 0.1) is 0 Å². The molecule has 23 rings (SSSR count). The molecule has 4 aromatic carbocycles. The summed E-state index contributed by atoms with van der Waals surface area (Å²) in [6, 6.07) is 46.5. The van der Waals surface area contributed by atoms with Crippen molar-refractivity contribution >= 4 is 101 Å². The molecular weight excluding hydrogens is 1770 g/mol. The normalized spacial score (nSPS) is 16.5. The smallest absolute Gasteiger partial charge is 0.276 e. The van der Waals surface area contributed by atoms with Crippen molar-refractivity contribution in [2.45, 2.75) is 109 Å². The van der Waals surface area contributed by atoms with Gasteiger partial charge in [0.05, 0.1) is 116 Å². The fraction of sp³-hybridized carbons (Fsp3) is 0.301. The third kappa shape index (κ3) is 22.5. The van der Waals surface area contributed by atoms with Gasteiger partial charge in [-0.25, -0.2) is 17.6 Å². The number of amides is 4. The van der Waals surface area contributed by atoms with Gasteiger partial charge in [0, 0.05) is 178 Å². The molecule has 708 valence electrons. The Morgan fingerprint density at radius 3 is 0.928 bits per heavy atom. The van der Waals surface area contributed by atoms with E-state index in [2.05, 4.69) is 132 Å². The average molecular weight is 1870 g/mol. The second-order valence-corrected chi connectivity index (χ2v) is 36.6. The van der Waals surface area contributed by atoms with E-state index in [4.69, 9.17) is 5.73 Å². The number of nitrogens with two attached hydrogens (primary N) is 1. The summed E-state index contributed by atoms with van der Waals surface area (Å²) in [6.45, 7) is 16.3. The number of benzene rings is 4. The van der Waals surface area contributed by atoms with Crippen LogP contribution in [0.15, 0.2) is 220 Å². The summed E-state index contributed by atoms with van der Waals surface area (Å²) in [5, 5.41) is 43.3. The minimum absolute atomic E-state index is 0.110. The lowest BCUT2D eigenvalue weighted by Gasteiger charge is -2.31. The molecule has 4 amide bonds. The summed E-state index contributed by atoms with van der Waals surface area (Å²) in [5.41, 5.74) is 27.6. The highest BCUT2D eigenvalue weighted by Crippen LogP contribution is 2.37. The van der Waals surface area contributed by atoms with Crippen LogP contribution >= 0.6 is 0 Å². The number of halogens is 4. The molecule has 7 saturated heterocycles. The lowest BCUT2D eigenvalue weighted by Crippen LogP contribution is -2.38. The van der Waals surface area contributed by atoms with Gasteiger partial charge >= 0.3 is 0 Å². The molecule has 0 radical (unpaired) electrons. The number of hydrogen-bond donors (Lipinski definition) is 9. The fourth-order valence-corrected chi connectivity index (χ4v) is 18.0. The minimum atomic E-state index is -2.62. The number of carbonyl (C=O) groups excluding carboxylic acids is 4. The standard InChI is InChI=1S/C28H29F2N7O.C27H27F2N7O.C26H27N7O.C22H21N7O/c29-28(30)6-10-37(11-7-28)17-19-12-21(15-31-14-19)20-2-5-25-24(13-20)26(35-34-25)27(38)33-22-3-4-23(32-16-22)18-36-8-1-9-36;28-27(29)6-9-36(17-27)15-18-10-20(13-30-12-18)19-2-5-24-23(11-19)25(34-33-24)26(37)32-21-3-4-22(31-14-21)16-35-7-1-8-35;34-26(29-20-5-6-21(28-15-20)17-32-8-3-9-32)25-23-13-18(4-7-24(23)30-31-25)19-12-22(16-27-14-19)33-10-1-2-11-33;23-16-8-15(10-24-11-16)14-2-5-20-19(9-14)21(28-27-20)22(30)26-17-3-4-18(25-12-17)13-29-6-1-7-29/h2-5,12-16H,1,6-11,17-18H2,(H,33,38)(H,34,35);2-5,10-14H,1,6-9,15-17H2,(H,32,37)(H,33,34);4-7,12-16H,1-3,8-11,17H2,(H,29,34)(H,30,31);2-5,8-12H,1,6-7,13,23H2,(H,26,30)(H,27,28). The van der Waals surface area contributed by atoms with Crippen LogP contribution in [-0.4, -0.2) is 237 Å². The Morgan fingerprint density at radius 1 is 0.302 bits per heavy atom. The molecule has 139 heavy (non-hydrogen) atoms. The van der Waals surface area contributed by atoms with Gasteiger partial charge in [-0.2, -0.15) is 20.4 Å². The zero-order chi connectivity index (χ0) is 94.9. The molecule has 7 fully saturated rings. The number of nitrogens with zero attached hydrogens (tertiary/aromatic N) is 19. The van der Waals surface area contributed by atoms with Crippen molar-refractivity contribution in [2.75, 3.05) is 124 Å². The van der Waals surface area contributed by atoms with Crippen LogP contribution in [-0.2, 0) is 39.3 Å². The van der Waals surface area contributed by atoms with E-state index < -0.39 is 11.8 Å². The number of aromatic nitrogens is 16. The van der Waals surface area contributed by atoms with E-state index in [1.807, 2.05) is 157 Å². The topological polar surface area (TPSA) is 383 Å². The number of aromatic amines is 4. The second kappa shape index (κ2) is 41.1. The monoisotopic (exact) mass is 1870 g/mol. The van der Waals surface area contributed by atoms with E-state index in [-0.39, 0.29) is 55.1 Å². The Hall–Kier alpha value is -15.1. The number of nitrogen functional groups attached to an aromatic ring is 1. The summed E-state index contributed by atoms with van der Waals surface area (Å²) in [4.78, 5) is 103. The Balaban J connectivity index is 0.000000114. The van der Waals surface area contributed by atoms with Gasteiger partial charge in [-0.15, -0.1) is 0 Å². The number of hydrogen-bond acceptors (Lipinski definition) is 24. The summed E-state index contributed by atoms with van der Waals surface area (Å²) >= 11 is 0. The molecule has 12 aromatic heterocycles. The van der Waals surface area contributed by atoms with Crippen molar-refractivity contribution in [1.29, 1.82) is 0 Å². The van der Waals surface area contributed by atoms with Gasteiger partial charge in [-0.1, -0.05) is 24.3 Å². The van der Waals surface area contributed by atoms with Gasteiger partial charge in [0.1, 0.15) is 0 Å². The highest BCUT2D eigenvalue weighted by Gasteiger charge is 2.39. The van der Waals surface area contributed by atoms with Crippen molar-refractivity contribution < 1.29 is 36.7 Å². The summed E-state index contributed by atoms with van der Waals surface area (Å²) < 4.78 is 54.2. The molecule has 36 heteroatoms. The Kier molecular flexibility index (Phi) is 27.1. The first-order chi connectivity index (χ1) is 67.7. The number of carbonyl (C=O) groups is 4. The number of likely N-dealkylation sites (tertiary alicyclic amines) is 6. The van der Waals surface area contributed by atoms with E-state index in [1.165, 1.54) is 38.5 Å². The van der Waals surface area contributed by atoms with Crippen LogP contribution < -0.4 is 31.9 Å². The van der Waals surface area contributed by atoms with Crippen LogP contribution in [0.1, 0.15) is 134 Å². The largest absolute Gasteiger partial charge is 0.397 e. The number of alkyl halides is 4. The van der Waals surface area contributed by atoms with Crippen molar-refractivity contribution in [3.05, 3.63) is 277 Å². The van der Waals surface area contributed by atoms with Gasteiger partial charge in [0.25, 0.3) is 35.5 Å². The van der Waals surface area contributed by atoms with E-state index in [1.54, 1.807) is 66.9 Å². The first-order valence-corrected chi connectivity index (χ1v) is 47.1. The Morgan fingerprint density at radius 2 is 0.612 bits per heavy atom. The van der Waals surface area contributed by atoms with Crippen LogP contribution in [0.4, 0.5) is 51.7 Å². The molecule has 0 aliphatic carbocycles. The summed E-state index contributed by atoms with van der Waals surface area (Å²) in [6.07, 6.45) is 27.9. The molecule has 0 bridgehead atoms. The quantitative estimate of drug-likeness (QED) is 0.0240. The van der Waals surface area contributed by atoms with E-state index in [0.717, 1.165) is 209 Å². The molecule has 10 N–H and O–H groups in total. The zero-order valence-electron chi connectivity index (χ0n) is 76.5. The van der Waals surface area contributed by atoms with Gasteiger partial charge < -0.3 is 31.9 Å². The number of anilines is 6. The predicted octanol–water partition coefficient (Wildman–Crippen LogP) is 16.2. The SMILES string of the molecule is Nc1cncc(-c2ccc3[nH]nc(C(=O)Nc4ccc(CN5CCC5)nc4)c3c2)c1.O=C(Nc1ccc(CN2CCC2)nc1)c1n[nH]c2ccc(-c3cncc(CN4CCC(F)(F)C4)c3)cc12.O=C(Nc1ccc(CN2CCC2)nc1)c1n[nH]c2ccc(-c3cncc(CN4CCC(F)(F)CC4)c3)cc12.O=C(Nc1ccc(CN2CCC2)nc1)c1n[nH]c2ccc(-c3cncc(N4CCCC4)c3)cc12. The molecule has 0 atom stereocenters. The number of fused-ring (bicyclic) bond motifs is 4. The van der Waals surface area contributed by atoms with Crippen molar-refractivity contribution in [3.8, 4) is 44.5 Å². The highest BCUT2D eigenvalue weighted by molar-refractivity contribution is 6.14. The Bertz CT molecular complexity index is 7090. The van der Waals surface area contributed by atoms with E-state index in [0.29, 0.717) is 89.0 Å². The minimum Gasteiger partial charge on any atom is -0.397 e. The predicted molar refractivity (Wildman–Crippen MR) is 526 cm³/mol. The molecule has 32 nitrogen and oxygen atoms in total. The molecule has 7 aliphatic rings. The fourth-order valence-electron chi connectivity index (χ4n) is 18.0. The molecule has 0 unspecified atom stereocenters. The third-order valence-electron chi connectivity index (χ3n) is 26.3. The van der Waals surface area contributed by atoms with Gasteiger partial charge in [0.2, 0.25) is 0 Å². The van der Waals surface area contributed by atoms with Crippen LogP contribution in [0.25, 0.3) is 88.1 Å². The van der Waals surface area contributed by atoms with Gasteiger partial charge in [-0.3, -0.25) is 109 Å². The number of nitrogens with one attached hydrogen (secondary N) is 8. The number of piperidine rings is 1. The van der Waals surface area contributed by atoms with Crippen LogP contribution in [0.2, 0.25) is 0 Å². The summed E-state index contributed by atoms with van der Waals surface area (Å²) in [5.74, 6) is -6.39. The Labute approximate surface area is 797 Å². The first kappa shape index (κ1) is 91.7. The molecule has 19 heterocycles. The lowest BCUT2D eigenvalue weighted by molar-refractivity contribution is -0.0566. The molecule has 0 saturated carbocycles. The van der Waals surface area contributed by atoms with E-state index >= 15 is 0 Å². The number of rotatable bonds is 25. The molecule has 7 aliphatic heterocycles. The maximum absolute atomic E-state index is 13.6.